The van der Waals surface area contributed by atoms with Gasteiger partial charge in [-0.3, -0.25) is 0 Å². The fourth-order valence-electron chi connectivity index (χ4n) is 3.19. The highest BCUT2D eigenvalue weighted by molar-refractivity contribution is 6.40. The predicted octanol–water partition coefficient (Wildman–Crippen LogP) is 7.93. The van der Waals surface area contributed by atoms with E-state index in [4.69, 9.17) is 42.1 Å². The van der Waals surface area contributed by atoms with Gasteiger partial charge in [-0.05, 0) is 25.0 Å². The van der Waals surface area contributed by atoms with E-state index >= 15 is 0 Å². The number of ether oxygens (including phenoxy) is 4. The quantitative estimate of drug-likeness (QED) is 0.141. The van der Waals surface area contributed by atoms with Gasteiger partial charge in [0.05, 0.1) is 23.3 Å². The minimum absolute atomic E-state index is 0.177. The van der Waals surface area contributed by atoms with Crippen LogP contribution >= 0.6 is 23.2 Å². The molecule has 32 heavy (non-hydrogen) atoms. The van der Waals surface area contributed by atoms with E-state index in [0.29, 0.717) is 31.6 Å². The molecule has 0 heterocycles. The molecule has 0 radical (unpaired) electrons. The summed E-state index contributed by atoms with van der Waals surface area (Å²) in [6.45, 7) is 4.46. The first-order valence-corrected chi connectivity index (χ1v) is 11.2. The summed E-state index contributed by atoms with van der Waals surface area (Å²) < 4.78 is 21.5. The largest absolute Gasteiger partial charge is 0.513 e. The molecule has 3 rings (SSSR count). The molecule has 3 aromatic rings. The number of halogens is 2. The van der Waals surface area contributed by atoms with E-state index in [9.17, 15) is 9.59 Å². The van der Waals surface area contributed by atoms with Gasteiger partial charge >= 0.3 is 12.3 Å². The van der Waals surface area contributed by atoms with Crippen LogP contribution < -0.4 is 9.47 Å². The van der Waals surface area contributed by atoms with Gasteiger partial charge in [0.25, 0.3) is 0 Å². The van der Waals surface area contributed by atoms with Gasteiger partial charge in [-0.2, -0.15) is 0 Å². The highest BCUT2D eigenvalue weighted by Crippen LogP contribution is 2.47. The topological polar surface area (TPSA) is 71.1 Å². The Kier molecular flexibility index (Phi) is 8.42. The zero-order valence-corrected chi connectivity index (χ0v) is 19.4. The van der Waals surface area contributed by atoms with Crippen LogP contribution in [0.15, 0.2) is 36.4 Å². The Labute approximate surface area is 196 Å². The lowest BCUT2D eigenvalue weighted by Crippen LogP contribution is -2.14. The van der Waals surface area contributed by atoms with Gasteiger partial charge in [-0.15, -0.1) is 0 Å². The van der Waals surface area contributed by atoms with Crippen LogP contribution in [-0.2, 0) is 9.47 Å². The number of carbonyl (C=O) groups is 2. The van der Waals surface area contributed by atoms with Crippen LogP contribution in [0.3, 0.4) is 0 Å². The van der Waals surface area contributed by atoms with Gasteiger partial charge in [0.1, 0.15) is 0 Å². The van der Waals surface area contributed by atoms with Crippen LogP contribution in [0.5, 0.6) is 11.5 Å². The molecule has 170 valence electrons. The van der Waals surface area contributed by atoms with E-state index in [1.165, 1.54) is 0 Å². The lowest BCUT2D eigenvalue weighted by molar-refractivity contribution is 0.0970. The van der Waals surface area contributed by atoms with E-state index in [0.717, 1.165) is 25.7 Å². The van der Waals surface area contributed by atoms with Crippen molar-refractivity contribution >= 4 is 57.1 Å². The van der Waals surface area contributed by atoms with Crippen molar-refractivity contribution in [3.8, 4) is 11.5 Å². The molecule has 0 aliphatic rings. The zero-order valence-electron chi connectivity index (χ0n) is 17.9. The Hall–Kier alpha value is -2.70. The summed E-state index contributed by atoms with van der Waals surface area (Å²) in [5.74, 6) is 0.354. The number of carbonyl (C=O) groups excluding carboxylic acids is 2. The highest BCUT2D eigenvalue weighted by Gasteiger charge is 2.24. The molecule has 3 aromatic carbocycles. The molecule has 0 bridgehead atoms. The molecule has 0 N–H and O–H groups in total. The van der Waals surface area contributed by atoms with Crippen molar-refractivity contribution in [2.75, 3.05) is 13.2 Å². The molecule has 0 saturated carbocycles. The molecular formula is C24H24Cl2O6. The maximum atomic E-state index is 12.4. The molecule has 8 heteroatoms. The normalized spacial score (nSPS) is 10.9. The third-order valence-corrected chi connectivity index (χ3v) is 5.41. The lowest BCUT2D eigenvalue weighted by Gasteiger charge is -2.17. The van der Waals surface area contributed by atoms with E-state index in [-0.39, 0.29) is 24.7 Å². The van der Waals surface area contributed by atoms with Gasteiger partial charge < -0.3 is 18.9 Å². The second-order valence-electron chi connectivity index (χ2n) is 7.09. The molecule has 6 nitrogen and oxygen atoms in total. The average molecular weight is 479 g/mol. The Morgan fingerprint density at radius 3 is 1.50 bits per heavy atom. The minimum Gasteiger partial charge on any atom is -0.434 e. The monoisotopic (exact) mass is 478 g/mol. The van der Waals surface area contributed by atoms with Crippen LogP contribution in [0.4, 0.5) is 9.59 Å². The lowest BCUT2D eigenvalue weighted by atomic mass is 10.0. The van der Waals surface area contributed by atoms with Gasteiger partial charge in [-0.1, -0.05) is 74.2 Å². The van der Waals surface area contributed by atoms with Crippen molar-refractivity contribution in [3.63, 3.8) is 0 Å². The number of unbranched alkanes of at least 4 members (excludes halogenated alkanes) is 2. The molecule has 0 unspecified atom stereocenters. The molecule has 0 atom stereocenters. The minimum atomic E-state index is -0.853. The second kappa shape index (κ2) is 11.2. The number of rotatable bonds is 8. The summed E-state index contributed by atoms with van der Waals surface area (Å²) in [7, 11) is 0. The summed E-state index contributed by atoms with van der Waals surface area (Å²) in [5.41, 5.74) is 0. The van der Waals surface area contributed by atoms with Crippen molar-refractivity contribution in [1.82, 2.24) is 0 Å². The SMILES string of the molecule is CCCCOC(=O)Oc1c2cccc(Cl)c2c(OC(=O)OCCCC)c2cccc(Cl)c12. The average Bonchev–Trinajstić information content (AvgIpc) is 2.76. The fraction of sp³-hybridized carbons (Fsp3) is 0.333. The van der Waals surface area contributed by atoms with Crippen LogP contribution in [0.25, 0.3) is 21.5 Å². The van der Waals surface area contributed by atoms with Gasteiger partial charge in [0.2, 0.25) is 0 Å². The van der Waals surface area contributed by atoms with E-state index in [1.54, 1.807) is 36.4 Å². The van der Waals surface area contributed by atoms with Crippen molar-refractivity contribution in [2.24, 2.45) is 0 Å². The van der Waals surface area contributed by atoms with Gasteiger partial charge in [0.15, 0.2) is 11.5 Å². The van der Waals surface area contributed by atoms with Crippen molar-refractivity contribution in [3.05, 3.63) is 46.4 Å². The summed E-state index contributed by atoms with van der Waals surface area (Å²) >= 11 is 13.0. The Balaban J connectivity index is 2.15. The maximum Gasteiger partial charge on any atom is 0.513 e. The summed E-state index contributed by atoms with van der Waals surface area (Å²) in [4.78, 5) is 24.7. The maximum absolute atomic E-state index is 12.4. The summed E-state index contributed by atoms with van der Waals surface area (Å²) in [6, 6.07) is 10.1. The van der Waals surface area contributed by atoms with Crippen LogP contribution in [0.2, 0.25) is 10.0 Å². The predicted molar refractivity (Wildman–Crippen MR) is 125 cm³/mol. The third kappa shape index (κ3) is 5.37. The Bertz CT molecular complexity index is 1040. The third-order valence-electron chi connectivity index (χ3n) is 4.78. The molecule has 0 spiro atoms. The molecule has 0 saturated heterocycles. The van der Waals surface area contributed by atoms with Gasteiger partial charge in [-0.25, -0.2) is 9.59 Å². The molecule has 0 aliphatic heterocycles. The molecule has 0 aliphatic carbocycles. The Morgan fingerprint density at radius 2 is 1.12 bits per heavy atom. The number of hydrogen-bond donors (Lipinski definition) is 0. The highest BCUT2D eigenvalue weighted by atomic mass is 35.5. The first-order valence-electron chi connectivity index (χ1n) is 10.5. The first kappa shape index (κ1) is 24.0. The van der Waals surface area contributed by atoms with Crippen LogP contribution in [-0.4, -0.2) is 25.5 Å². The smallest absolute Gasteiger partial charge is 0.434 e. The standard InChI is InChI=1S/C24H24Cl2O6/c1-3-5-13-29-23(27)31-21-15-9-7-12-18(26)20(15)22(32-24(28)30-14-6-4-2)16-10-8-11-17(25)19(16)21/h7-12H,3-6,13-14H2,1-2H3. The van der Waals surface area contributed by atoms with Crippen molar-refractivity contribution in [1.29, 1.82) is 0 Å². The molecule has 0 amide bonds. The van der Waals surface area contributed by atoms with E-state index < -0.39 is 12.3 Å². The number of benzene rings is 3. The second-order valence-corrected chi connectivity index (χ2v) is 7.91. The van der Waals surface area contributed by atoms with Crippen LogP contribution in [0.1, 0.15) is 39.5 Å². The fourth-order valence-corrected chi connectivity index (χ4v) is 3.72. The van der Waals surface area contributed by atoms with Crippen molar-refractivity contribution < 1.29 is 28.5 Å². The number of hydrogen-bond acceptors (Lipinski definition) is 6. The molecule has 0 fully saturated rings. The van der Waals surface area contributed by atoms with Gasteiger partial charge in [0, 0.05) is 21.5 Å². The number of fused-ring (bicyclic) bond motifs is 2. The molecule has 0 aromatic heterocycles. The molecular weight excluding hydrogens is 455 g/mol. The summed E-state index contributed by atoms with van der Waals surface area (Å²) in [5, 5.41) is 2.30. The first-order chi connectivity index (χ1) is 15.5. The van der Waals surface area contributed by atoms with E-state index in [1.807, 2.05) is 13.8 Å². The zero-order chi connectivity index (χ0) is 23.1. The van der Waals surface area contributed by atoms with Crippen LogP contribution in [0, 0.1) is 0 Å². The van der Waals surface area contributed by atoms with E-state index in [2.05, 4.69) is 0 Å². The van der Waals surface area contributed by atoms with Crippen molar-refractivity contribution in [2.45, 2.75) is 39.5 Å². The Morgan fingerprint density at radius 1 is 0.719 bits per heavy atom. The summed E-state index contributed by atoms with van der Waals surface area (Å²) in [6.07, 6.45) is 1.48.